The van der Waals surface area contributed by atoms with Crippen LogP contribution in [0.4, 0.5) is 13.2 Å². The van der Waals surface area contributed by atoms with E-state index in [4.69, 9.17) is 0 Å². The SMILES string of the molecule is C.CC1CCC(CCCCC2CCC(c3cc(F)c(F)c(F)c3)CC2)CC1.[HH].[HH]. The maximum atomic E-state index is 13.4. The predicted molar refractivity (Wildman–Crippen MR) is 112 cm³/mol. The van der Waals surface area contributed by atoms with Crippen LogP contribution in [0.25, 0.3) is 0 Å². The highest BCUT2D eigenvalue weighted by molar-refractivity contribution is 5.23. The summed E-state index contributed by atoms with van der Waals surface area (Å²) in [5.74, 6) is -0.629. The van der Waals surface area contributed by atoms with E-state index in [1.165, 1.54) is 63.5 Å². The van der Waals surface area contributed by atoms with Crippen molar-refractivity contribution in [2.24, 2.45) is 17.8 Å². The number of hydrogen-bond donors (Lipinski definition) is 0. The largest absolute Gasteiger partial charge is 0.204 e. The van der Waals surface area contributed by atoms with E-state index in [2.05, 4.69) is 6.92 Å². The van der Waals surface area contributed by atoms with E-state index < -0.39 is 17.5 Å². The minimum absolute atomic E-state index is 0. The minimum atomic E-state index is -1.35. The molecule has 0 atom stereocenters. The van der Waals surface area contributed by atoms with E-state index in [9.17, 15) is 13.2 Å². The number of benzene rings is 1. The molecular weight excluding hydrogens is 345 g/mol. The molecule has 0 unspecified atom stereocenters. The lowest BCUT2D eigenvalue weighted by atomic mass is 9.76. The summed E-state index contributed by atoms with van der Waals surface area (Å²) in [6, 6.07) is 2.38. The van der Waals surface area contributed by atoms with Gasteiger partial charge in [0.05, 0.1) is 0 Å². The first-order valence-corrected chi connectivity index (χ1v) is 10.7. The normalized spacial score (nSPS) is 28.6. The number of halogens is 3. The average molecular weight is 387 g/mol. The standard InChI is InChI=1S/C23H33F3.CH4.2H2/c1-16-6-8-17(9-7-16)4-2-3-5-18-10-12-19(13-11-18)20-14-21(24)23(26)22(25)15-20;;;/h14-19H,2-13H2,1H3;1H4;2*1H. The van der Waals surface area contributed by atoms with E-state index in [1.54, 1.807) is 0 Å². The molecule has 0 spiro atoms. The van der Waals surface area contributed by atoms with Crippen molar-refractivity contribution in [3.05, 3.63) is 35.1 Å². The summed E-state index contributed by atoms with van der Waals surface area (Å²) < 4.78 is 40.0. The molecule has 0 saturated heterocycles. The van der Waals surface area contributed by atoms with Crippen LogP contribution < -0.4 is 0 Å². The maximum absolute atomic E-state index is 13.4. The van der Waals surface area contributed by atoms with E-state index in [0.29, 0.717) is 5.56 Å². The van der Waals surface area contributed by atoms with Crippen molar-refractivity contribution >= 4 is 0 Å². The first-order chi connectivity index (χ1) is 12.5. The van der Waals surface area contributed by atoms with Gasteiger partial charge in [-0.15, -0.1) is 0 Å². The second kappa shape index (κ2) is 10.5. The molecule has 0 aromatic heterocycles. The Bertz CT molecular complexity index is 554. The zero-order valence-corrected chi connectivity index (χ0v) is 16.1. The quantitative estimate of drug-likeness (QED) is 0.338. The molecule has 0 amide bonds. The summed E-state index contributed by atoms with van der Waals surface area (Å²) in [6.45, 7) is 2.38. The van der Waals surface area contributed by atoms with Crippen molar-refractivity contribution < 1.29 is 16.0 Å². The molecule has 27 heavy (non-hydrogen) atoms. The highest BCUT2D eigenvalue weighted by atomic mass is 19.2. The van der Waals surface area contributed by atoms with Crippen molar-refractivity contribution in [3.63, 3.8) is 0 Å². The summed E-state index contributed by atoms with van der Waals surface area (Å²) in [5.41, 5.74) is 0.631. The zero-order chi connectivity index (χ0) is 18.5. The molecule has 0 aliphatic heterocycles. The fourth-order valence-corrected chi connectivity index (χ4v) is 5.08. The third kappa shape index (κ3) is 6.26. The average Bonchev–Trinajstić information content (AvgIpc) is 2.65. The second-order valence-corrected chi connectivity index (χ2v) is 8.93. The van der Waals surface area contributed by atoms with E-state index in [1.807, 2.05) is 0 Å². The van der Waals surface area contributed by atoms with Gasteiger partial charge in [0.1, 0.15) is 0 Å². The summed E-state index contributed by atoms with van der Waals surface area (Å²) in [7, 11) is 0. The zero-order valence-electron chi connectivity index (χ0n) is 16.1. The number of rotatable bonds is 6. The Morgan fingerprint density at radius 3 is 1.70 bits per heavy atom. The van der Waals surface area contributed by atoms with Crippen LogP contribution in [0.1, 0.15) is 106 Å². The Morgan fingerprint density at radius 2 is 1.22 bits per heavy atom. The Morgan fingerprint density at radius 1 is 0.778 bits per heavy atom. The van der Waals surface area contributed by atoms with E-state index >= 15 is 0 Å². The lowest BCUT2D eigenvalue weighted by Gasteiger charge is -2.29. The monoisotopic (exact) mass is 386 g/mol. The van der Waals surface area contributed by atoms with Crippen molar-refractivity contribution in [3.8, 4) is 0 Å². The van der Waals surface area contributed by atoms with Gasteiger partial charge in [-0.05, 0) is 67.1 Å². The first-order valence-electron chi connectivity index (χ1n) is 10.7. The second-order valence-electron chi connectivity index (χ2n) is 8.93. The Hall–Kier alpha value is -0.990. The molecule has 1 aromatic rings. The summed E-state index contributed by atoms with van der Waals surface area (Å²) in [4.78, 5) is 0. The minimum Gasteiger partial charge on any atom is -0.204 e. The highest BCUT2D eigenvalue weighted by Crippen LogP contribution is 2.39. The third-order valence-corrected chi connectivity index (χ3v) is 6.93. The third-order valence-electron chi connectivity index (χ3n) is 6.93. The smallest absolute Gasteiger partial charge is 0.194 e. The van der Waals surface area contributed by atoms with Gasteiger partial charge in [-0.25, -0.2) is 13.2 Å². The Balaban J connectivity index is 0.00000261. The van der Waals surface area contributed by atoms with Gasteiger partial charge in [0.15, 0.2) is 17.5 Å². The maximum Gasteiger partial charge on any atom is 0.194 e. The van der Waals surface area contributed by atoms with Gasteiger partial charge < -0.3 is 0 Å². The van der Waals surface area contributed by atoms with Gasteiger partial charge in [0.25, 0.3) is 0 Å². The fraction of sp³-hybridized carbons (Fsp3) is 0.750. The van der Waals surface area contributed by atoms with Crippen LogP contribution in [0, 0.1) is 35.2 Å². The molecule has 1 aromatic carbocycles. The molecule has 2 fully saturated rings. The topological polar surface area (TPSA) is 0 Å². The molecule has 158 valence electrons. The molecule has 0 radical (unpaired) electrons. The van der Waals surface area contributed by atoms with Crippen LogP contribution in [-0.2, 0) is 0 Å². The van der Waals surface area contributed by atoms with Crippen LogP contribution in [0.5, 0.6) is 0 Å². The van der Waals surface area contributed by atoms with Crippen LogP contribution in [0.3, 0.4) is 0 Å². The van der Waals surface area contributed by atoms with Crippen LogP contribution in [-0.4, -0.2) is 0 Å². The molecule has 0 heterocycles. The lowest BCUT2D eigenvalue weighted by Crippen LogP contribution is -2.14. The Labute approximate surface area is 166 Å². The van der Waals surface area contributed by atoms with Crippen LogP contribution in [0.15, 0.2) is 12.1 Å². The van der Waals surface area contributed by atoms with Crippen molar-refractivity contribution in [2.75, 3.05) is 0 Å². The molecular formula is C24H41F3. The molecule has 2 saturated carbocycles. The van der Waals surface area contributed by atoms with Gasteiger partial charge in [0.2, 0.25) is 0 Å². The molecule has 3 rings (SSSR count). The Kier molecular flexibility index (Phi) is 8.69. The molecule has 0 nitrogen and oxygen atoms in total. The van der Waals surface area contributed by atoms with Gasteiger partial charge in [-0.1, -0.05) is 65.7 Å². The predicted octanol–water partition coefficient (Wildman–Crippen LogP) is 8.89. The van der Waals surface area contributed by atoms with Gasteiger partial charge in [-0.2, -0.15) is 0 Å². The molecule has 2 aliphatic carbocycles. The van der Waals surface area contributed by atoms with Crippen LogP contribution in [0.2, 0.25) is 0 Å². The highest BCUT2D eigenvalue weighted by Gasteiger charge is 2.24. The molecule has 2 aliphatic rings. The van der Waals surface area contributed by atoms with Gasteiger partial charge in [-0.3, -0.25) is 0 Å². The van der Waals surface area contributed by atoms with E-state index in [-0.39, 0.29) is 16.2 Å². The van der Waals surface area contributed by atoms with Gasteiger partial charge in [0, 0.05) is 2.85 Å². The van der Waals surface area contributed by atoms with Crippen molar-refractivity contribution in [1.82, 2.24) is 0 Å². The van der Waals surface area contributed by atoms with Gasteiger partial charge >= 0.3 is 0 Å². The fourth-order valence-electron chi connectivity index (χ4n) is 5.08. The molecule has 0 bridgehead atoms. The first kappa shape index (κ1) is 22.3. The van der Waals surface area contributed by atoms with Crippen molar-refractivity contribution in [2.45, 2.75) is 97.3 Å². The summed E-state index contributed by atoms with van der Waals surface area (Å²) in [5, 5.41) is 0. The summed E-state index contributed by atoms with van der Waals surface area (Å²) in [6.07, 6.45) is 15.3. The number of hydrogen-bond acceptors (Lipinski definition) is 0. The number of unbranched alkanes of at least 4 members (excludes halogenated alkanes) is 1. The summed E-state index contributed by atoms with van der Waals surface area (Å²) >= 11 is 0. The van der Waals surface area contributed by atoms with E-state index in [0.717, 1.165) is 43.4 Å². The van der Waals surface area contributed by atoms with Crippen LogP contribution >= 0.6 is 0 Å². The lowest BCUT2D eigenvalue weighted by molar-refractivity contribution is 0.262. The molecule has 3 heteroatoms. The molecule has 0 N–H and O–H groups in total. The van der Waals surface area contributed by atoms with Crippen molar-refractivity contribution in [1.29, 1.82) is 0 Å².